The van der Waals surface area contributed by atoms with Crippen LogP contribution < -0.4 is 4.74 Å². The van der Waals surface area contributed by atoms with Crippen molar-refractivity contribution < 1.29 is 19.1 Å². The lowest BCUT2D eigenvalue weighted by Gasteiger charge is -2.19. The predicted molar refractivity (Wildman–Crippen MR) is 99.8 cm³/mol. The lowest BCUT2D eigenvalue weighted by molar-refractivity contribution is -0.161. The molecule has 1 aliphatic heterocycles. The molecule has 2 rings (SSSR count). The number of thioether (sulfide) groups is 1. The summed E-state index contributed by atoms with van der Waals surface area (Å²) < 4.78 is 10.3. The molecule has 6 heteroatoms. The molecule has 0 unspecified atom stereocenters. The van der Waals surface area contributed by atoms with Crippen LogP contribution in [0.4, 0.5) is 0 Å². The van der Waals surface area contributed by atoms with Crippen molar-refractivity contribution in [3.8, 4) is 5.75 Å². The van der Waals surface area contributed by atoms with E-state index >= 15 is 0 Å². The number of ether oxygens (including phenoxy) is 2. The van der Waals surface area contributed by atoms with Gasteiger partial charge in [-0.15, -0.1) is 0 Å². The van der Waals surface area contributed by atoms with E-state index in [1.54, 1.807) is 13.8 Å². The standard InChI is InChI=1S/C18H25O4S2/c1-4-18(2,3)17(20)21-13-16(19)22-14-5-7-15(8-6-14)24-11-9-23-10-12-24/h5-8H,4,9-13H2,1-3H3/q+1. The average Bonchev–Trinajstić information content (AvgIpc) is 2.61. The summed E-state index contributed by atoms with van der Waals surface area (Å²) in [6, 6.07) is 7.71. The fourth-order valence-electron chi connectivity index (χ4n) is 2.08. The van der Waals surface area contributed by atoms with Gasteiger partial charge in [0.25, 0.3) is 0 Å². The van der Waals surface area contributed by atoms with Gasteiger partial charge in [-0.1, -0.05) is 6.92 Å². The highest BCUT2D eigenvalue weighted by Gasteiger charge is 2.28. The van der Waals surface area contributed by atoms with Crippen LogP contribution in [0.25, 0.3) is 0 Å². The molecule has 1 fully saturated rings. The van der Waals surface area contributed by atoms with Crippen LogP contribution in [0.15, 0.2) is 29.2 Å². The van der Waals surface area contributed by atoms with Crippen LogP contribution in [0.1, 0.15) is 27.2 Å². The van der Waals surface area contributed by atoms with E-state index in [0.29, 0.717) is 23.1 Å². The molecule has 1 heterocycles. The molecule has 1 aliphatic rings. The van der Waals surface area contributed by atoms with Crippen molar-refractivity contribution in [1.29, 1.82) is 0 Å². The lowest BCUT2D eigenvalue weighted by Crippen LogP contribution is -2.29. The van der Waals surface area contributed by atoms with Crippen molar-refractivity contribution in [2.45, 2.75) is 32.1 Å². The maximum absolute atomic E-state index is 11.8. The van der Waals surface area contributed by atoms with Crippen LogP contribution >= 0.6 is 11.8 Å². The topological polar surface area (TPSA) is 52.6 Å². The number of carbonyl (C=O) groups is 2. The number of carbonyl (C=O) groups excluding carboxylic acids is 2. The Balaban J connectivity index is 1.82. The number of hydrogen-bond acceptors (Lipinski definition) is 5. The molecule has 4 nitrogen and oxygen atoms in total. The highest BCUT2D eigenvalue weighted by atomic mass is 32.2. The smallest absolute Gasteiger partial charge is 0.349 e. The van der Waals surface area contributed by atoms with Crippen molar-refractivity contribution in [3.63, 3.8) is 0 Å². The Labute approximate surface area is 151 Å². The molecule has 0 bridgehead atoms. The van der Waals surface area contributed by atoms with Crippen LogP contribution in [0.5, 0.6) is 5.75 Å². The molecule has 1 aromatic carbocycles. The first-order valence-corrected chi connectivity index (χ1v) is 10.9. The Bertz CT molecular complexity index is 563. The zero-order valence-electron chi connectivity index (χ0n) is 14.5. The van der Waals surface area contributed by atoms with Crippen LogP contribution in [0.3, 0.4) is 0 Å². The quantitative estimate of drug-likeness (QED) is 0.437. The molecule has 1 aromatic rings. The Hall–Kier alpha value is -1.14. The van der Waals surface area contributed by atoms with Crippen molar-refractivity contribution in [2.75, 3.05) is 29.6 Å². The Kier molecular flexibility index (Phi) is 7.04. The van der Waals surface area contributed by atoms with E-state index in [1.807, 2.05) is 43.0 Å². The van der Waals surface area contributed by atoms with Gasteiger partial charge in [0.1, 0.15) is 17.3 Å². The van der Waals surface area contributed by atoms with Crippen molar-refractivity contribution in [2.24, 2.45) is 5.41 Å². The third-order valence-electron chi connectivity index (χ3n) is 4.09. The van der Waals surface area contributed by atoms with Gasteiger partial charge in [0.2, 0.25) is 0 Å². The van der Waals surface area contributed by atoms with E-state index in [2.05, 4.69) is 0 Å². The van der Waals surface area contributed by atoms with Crippen LogP contribution in [-0.2, 0) is 25.2 Å². The van der Waals surface area contributed by atoms with Crippen LogP contribution in [0, 0.1) is 5.41 Å². The first-order chi connectivity index (χ1) is 11.4. The van der Waals surface area contributed by atoms with Crippen molar-refractivity contribution in [1.82, 2.24) is 0 Å². The largest absolute Gasteiger partial charge is 0.453 e. The van der Waals surface area contributed by atoms with E-state index in [9.17, 15) is 9.59 Å². The van der Waals surface area contributed by atoms with E-state index < -0.39 is 11.4 Å². The molecule has 0 aliphatic carbocycles. The minimum Gasteiger partial charge on any atom is -0.453 e. The Morgan fingerprint density at radius 3 is 2.38 bits per heavy atom. The third-order valence-corrected chi connectivity index (χ3v) is 7.93. The second-order valence-electron chi connectivity index (χ2n) is 6.27. The molecule has 132 valence electrons. The van der Waals surface area contributed by atoms with Gasteiger partial charge in [0.05, 0.1) is 5.41 Å². The minimum absolute atomic E-state index is 0.320. The third kappa shape index (κ3) is 5.45. The molecular weight excluding hydrogens is 344 g/mol. The summed E-state index contributed by atoms with van der Waals surface area (Å²) in [6.45, 7) is 5.15. The van der Waals surface area contributed by atoms with Gasteiger partial charge in [-0.2, -0.15) is 11.8 Å². The van der Waals surface area contributed by atoms with Gasteiger partial charge in [-0.3, -0.25) is 4.79 Å². The van der Waals surface area contributed by atoms with Gasteiger partial charge >= 0.3 is 11.9 Å². The predicted octanol–water partition coefficient (Wildman–Crippen LogP) is 3.30. The van der Waals surface area contributed by atoms with Gasteiger partial charge in [0.15, 0.2) is 11.5 Å². The minimum atomic E-state index is -0.582. The summed E-state index contributed by atoms with van der Waals surface area (Å²) in [4.78, 5) is 25.0. The zero-order valence-corrected chi connectivity index (χ0v) is 16.1. The molecule has 0 radical (unpaired) electrons. The zero-order chi connectivity index (χ0) is 17.6. The highest BCUT2D eigenvalue weighted by Crippen LogP contribution is 2.24. The lowest BCUT2D eigenvalue weighted by atomic mass is 9.91. The van der Waals surface area contributed by atoms with Crippen molar-refractivity contribution >= 4 is 34.6 Å². The number of benzene rings is 1. The number of hydrogen-bond donors (Lipinski definition) is 0. The first kappa shape index (κ1) is 19.2. The van der Waals surface area contributed by atoms with Crippen LogP contribution in [-0.4, -0.2) is 41.6 Å². The number of esters is 2. The molecule has 24 heavy (non-hydrogen) atoms. The summed E-state index contributed by atoms with van der Waals surface area (Å²) >= 11 is 2.01. The summed E-state index contributed by atoms with van der Waals surface area (Å²) in [7, 11) is 0.320. The maximum Gasteiger partial charge on any atom is 0.349 e. The SMILES string of the molecule is CCC(C)(C)C(=O)OCC(=O)Oc1ccc([S+]2CCSCC2)cc1. The van der Waals surface area contributed by atoms with Gasteiger partial charge in [-0.05, 0) is 44.5 Å². The van der Waals surface area contributed by atoms with E-state index in [-0.39, 0.29) is 12.6 Å². The summed E-state index contributed by atoms with van der Waals surface area (Å²) in [5.41, 5.74) is -0.582. The molecule has 0 amide bonds. The highest BCUT2D eigenvalue weighted by molar-refractivity contribution is 8.05. The normalized spacial score (nSPS) is 15.8. The van der Waals surface area contributed by atoms with Gasteiger partial charge in [0, 0.05) is 22.4 Å². The monoisotopic (exact) mass is 369 g/mol. The fraction of sp³-hybridized carbons (Fsp3) is 0.556. The summed E-state index contributed by atoms with van der Waals surface area (Å²) in [6.07, 6.45) is 0.656. The molecule has 0 saturated carbocycles. The van der Waals surface area contributed by atoms with Crippen molar-refractivity contribution in [3.05, 3.63) is 24.3 Å². The molecule has 1 saturated heterocycles. The van der Waals surface area contributed by atoms with Gasteiger partial charge in [-0.25, -0.2) is 4.79 Å². The second kappa shape index (κ2) is 8.81. The molecule has 0 spiro atoms. The molecule has 0 atom stereocenters. The summed E-state index contributed by atoms with van der Waals surface area (Å²) in [5.74, 6) is 4.45. The maximum atomic E-state index is 11.8. The molecule has 0 N–H and O–H groups in total. The van der Waals surface area contributed by atoms with E-state index in [1.165, 1.54) is 27.9 Å². The summed E-state index contributed by atoms with van der Waals surface area (Å²) in [5, 5.41) is 0. The Morgan fingerprint density at radius 1 is 1.17 bits per heavy atom. The van der Waals surface area contributed by atoms with E-state index in [0.717, 1.165) is 0 Å². The first-order valence-electron chi connectivity index (χ1n) is 8.15. The average molecular weight is 370 g/mol. The second-order valence-corrected chi connectivity index (χ2v) is 9.77. The fourth-order valence-corrected chi connectivity index (χ4v) is 6.04. The molecular formula is C18H25O4S2+. The van der Waals surface area contributed by atoms with Gasteiger partial charge < -0.3 is 9.47 Å². The van der Waals surface area contributed by atoms with Crippen LogP contribution in [0.2, 0.25) is 0 Å². The van der Waals surface area contributed by atoms with E-state index in [4.69, 9.17) is 9.47 Å². The Morgan fingerprint density at radius 2 is 1.79 bits per heavy atom. The molecule has 0 aromatic heterocycles. The number of rotatable bonds is 6.